The van der Waals surface area contributed by atoms with Gasteiger partial charge in [0.25, 0.3) is 11.8 Å². The molecule has 0 aliphatic heterocycles. The minimum atomic E-state index is -0.267. The van der Waals surface area contributed by atoms with Crippen LogP contribution in [0.5, 0.6) is 0 Å². The molecule has 0 unspecified atom stereocenters. The SMILES string of the molecule is CC(C)Sc1cccc(C(=O)Nc2nnc(-c3ccsc3)o2)c1. The molecule has 1 N–H and O–H groups in total. The van der Waals surface area contributed by atoms with Gasteiger partial charge in [0.15, 0.2) is 0 Å². The van der Waals surface area contributed by atoms with Gasteiger partial charge in [0.1, 0.15) is 0 Å². The van der Waals surface area contributed by atoms with Crippen molar-refractivity contribution in [3.05, 3.63) is 46.7 Å². The molecule has 5 nitrogen and oxygen atoms in total. The Morgan fingerprint density at radius 3 is 2.91 bits per heavy atom. The highest BCUT2D eigenvalue weighted by Crippen LogP contribution is 2.25. The Morgan fingerprint density at radius 2 is 2.17 bits per heavy atom. The Bertz CT molecular complexity index is 797. The third-order valence-electron chi connectivity index (χ3n) is 2.88. The first-order valence-electron chi connectivity index (χ1n) is 7.06. The largest absolute Gasteiger partial charge is 0.403 e. The van der Waals surface area contributed by atoms with E-state index < -0.39 is 0 Å². The first kappa shape index (κ1) is 15.8. The molecule has 23 heavy (non-hydrogen) atoms. The molecule has 3 rings (SSSR count). The van der Waals surface area contributed by atoms with Gasteiger partial charge in [-0.1, -0.05) is 25.0 Å². The normalized spacial score (nSPS) is 10.9. The summed E-state index contributed by atoms with van der Waals surface area (Å²) in [5, 5.41) is 14.7. The van der Waals surface area contributed by atoms with E-state index in [1.165, 1.54) is 0 Å². The lowest BCUT2D eigenvalue weighted by molar-refractivity contribution is 0.102. The molecule has 0 saturated carbocycles. The van der Waals surface area contributed by atoms with Crippen LogP contribution in [0.15, 0.2) is 50.4 Å². The molecule has 0 saturated heterocycles. The molecular formula is C16H15N3O2S2. The number of carbonyl (C=O) groups excluding carboxylic acids is 1. The third-order valence-corrected chi connectivity index (χ3v) is 4.56. The number of amides is 1. The summed E-state index contributed by atoms with van der Waals surface area (Å²) in [6.45, 7) is 4.23. The molecule has 2 aromatic heterocycles. The van der Waals surface area contributed by atoms with E-state index >= 15 is 0 Å². The monoisotopic (exact) mass is 345 g/mol. The molecule has 1 aromatic carbocycles. The van der Waals surface area contributed by atoms with Crippen LogP contribution in [-0.2, 0) is 0 Å². The predicted octanol–water partition coefficient (Wildman–Crippen LogP) is 4.55. The van der Waals surface area contributed by atoms with Crippen molar-refractivity contribution >= 4 is 35.0 Å². The summed E-state index contributed by atoms with van der Waals surface area (Å²) >= 11 is 3.25. The van der Waals surface area contributed by atoms with Crippen molar-refractivity contribution < 1.29 is 9.21 Å². The highest BCUT2D eigenvalue weighted by Gasteiger charge is 2.13. The van der Waals surface area contributed by atoms with Crippen LogP contribution in [0.25, 0.3) is 11.5 Å². The zero-order valence-electron chi connectivity index (χ0n) is 12.6. The third kappa shape index (κ3) is 4.00. The van der Waals surface area contributed by atoms with Crippen molar-refractivity contribution in [1.82, 2.24) is 10.2 Å². The Hall–Kier alpha value is -2.12. The van der Waals surface area contributed by atoms with Crippen LogP contribution >= 0.6 is 23.1 Å². The molecule has 3 aromatic rings. The Kier molecular flexibility index (Phi) is 4.78. The van der Waals surface area contributed by atoms with Crippen molar-refractivity contribution in [2.24, 2.45) is 0 Å². The maximum Gasteiger partial charge on any atom is 0.322 e. The van der Waals surface area contributed by atoms with E-state index in [1.807, 2.05) is 35.0 Å². The maximum absolute atomic E-state index is 12.3. The van der Waals surface area contributed by atoms with Crippen LogP contribution in [0.2, 0.25) is 0 Å². The average Bonchev–Trinajstić information content (AvgIpc) is 3.17. The molecule has 0 bridgehead atoms. The summed E-state index contributed by atoms with van der Waals surface area (Å²) in [6, 6.07) is 9.45. The van der Waals surface area contributed by atoms with Crippen molar-refractivity contribution in [2.75, 3.05) is 5.32 Å². The van der Waals surface area contributed by atoms with Gasteiger partial charge in [-0.05, 0) is 29.6 Å². The van der Waals surface area contributed by atoms with Crippen LogP contribution in [0, 0.1) is 0 Å². The van der Waals surface area contributed by atoms with E-state index in [0.717, 1.165) is 10.5 Å². The summed E-state index contributed by atoms with van der Waals surface area (Å²) < 4.78 is 5.46. The Labute approximate surface area is 142 Å². The molecule has 2 heterocycles. The van der Waals surface area contributed by atoms with Gasteiger partial charge < -0.3 is 4.42 Å². The van der Waals surface area contributed by atoms with Gasteiger partial charge in [-0.25, -0.2) is 0 Å². The molecule has 0 atom stereocenters. The Balaban J connectivity index is 1.72. The molecule has 0 spiro atoms. The van der Waals surface area contributed by atoms with Crippen LogP contribution in [0.1, 0.15) is 24.2 Å². The van der Waals surface area contributed by atoms with Gasteiger partial charge in [0.2, 0.25) is 0 Å². The van der Waals surface area contributed by atoms with Gasteiger partial charge in [0.05, 0.1) is 0 Å². The molecule has 0 fully saturated rings. The summed E-state index contributed by atoms with van der Waals surface area (Å²) in [5.74, 6) is 0.127. The van der Waals surface area contributed by atoms with E-state index in [1.54, 1.807) is 29.2 Å². The van der Waals surface area contributed by atoms with E-state index in [9.17, 15) is 4.79 Å². The van der Waals surface area contributed by atoms with Crippen LogP contribution in [0.4, 0.5) is 6.01 Å². The summed E-state index contributed by atoms with van der Waals surface area (Å²) in [4.78, 5) is 13.4. The molecule has 0 radical (unpaired) electrons. The molecule has 7 heteroatoms. The lowest BCUT2D eigenvalue weighted by Gasteiger charge is -2.06. The number of hydrogen-bond acceptors (Lipinski definition) is 6. The van der Waals surface area contributed by atoms with E-state index in [4.69, 9.17) is 4.42 Å². The standard InChI is InChI=1S/C16H15N3O2S2/c1-10(2)23-13-5-3-4-11(8-13)14(20)17-16-19-18-15(21-16)12-6-7-22-9-12/h3-10H,1-2H3,(H,17,19,20). The number of benzene rings is 1. The number of nitrogens with zero attached hydrogens (tertiary/aromatic N) is 2. The minimum Gasteiger partial charge on any atom is -0.403 e. The second-order valence-electron chi connectivity index (χ2n) is 5.07. The number of thioether (sulfide) groups is 1. The highest BCUT2D eigenvalue weighted by molar-refractivity contribution is 7.99. The lowest BCUT2D eigenvalue weighted by Crippen LogP contribution is -2.12. The summed E-state index contributed by atoms with van der Waals surface area (Å²) in [7, 11) is 0. The van der Waals surface area contributed by atoms with Crippen molar-refractivity contribution in [1.29, 1.82) is 0 Å². The summed E-state index contributed by atoms with van der Waals surface area (Å²) in [6.07, 6.45) is 0. The summed E-state index contributed by atoms with van der Waals surface area (Å²) in [5.41, 5.74) is 1.41. The molecule has 1 amide bonds. The number of rotatable bonds is 5. The lowest BCUT2D eigenvalue weighted by atomic mass is 10.2. The van der Waals surface area contributed by atoms with Crippen molar-refractivity contribution in [3.8, 4) is 11.5 Å². The fraction of sp³-hybridized carbons (Fsp3) is 0.188. The zero-order valence-corrected chi connectivity index (χ0v) is 14.3. The number of thiophene rings is 1. The van der Waals surface area contributed by atoms with Crippen LogP contribution in [-0.4, -0.2) is 21.4 Å². The first-order chi connectivity index (χ1) is 11.1. The second kappa shape index (κ2) is 6.97. The van der Waals surface area contributed by atoms with E-state index in [0.29, 0.717) is 16.7 Å². The fourth-order valence-electron chi connectivity index (χ4n) is 1.93. The van der Waals surface area contributed by atoms with Gasteiger partial charge in [0, 0.05) is 26.7 Å². The van der Waals surface area contributed by atoms with E-state index in [-0.39, 0.29) is 11.9 Å². The number of nitrogens with one attached hydrogen (secondary N) is 1. The van der Waals surface area contributed by atoms with Gasteiger partial charge in [-0.2, -0.15) is 11.3 Å². The van der Waals surface area contributed by atoms with Crippen molar-refractivity contribution in [3.63, 3.8) is 0 Å². The predicted molar refractivity (Wildman–Crippen MR) is 93.0 cm³/mol. The number of anilines is 1. The van der Waals surface area contributed by atoms with Crippen molar-refractivity contribution in [2.45, 2.75) is 24.0 Å². The first-order valence-corrected chi connectivity index (χ1v) is 8.88. The highest BCUT2D eigenvalue weighted by atomic mass is 32.2. The number of aromatic nitrogens is 2. The van der Waals surface area contributed by atoms with Crippen LogP contribution in [0.3, 0.4) is 0 Å². The Morgan fingerprint density at radius 1 is 1.30 bits per heavy atom. The smallest absolute Gasteiger partial charge is 0.322 e. The molecule has 0 aliphatic carbocycles. The minimum absolute atomic E-state index is 0.0955. The molecule has 118 valence electrons. The second-order valence-corrected chi connectivity index (χ2v) is 7.50. The topological polar surface area (TPSA) is 68.0 Å². The van der Waals surface area contributed by atoms with Gasteiger partial charge in [-0.15, -0.1) is 16.9 Å². The van der Waals surface area contributed by atoms with Crippen LogP contribution < -0.4 is 5.32 Å². The maximum atomic E-state index is 12.3. The fourth-order valence-corrected chi connectivity index (χ4v) is 3.45. The number of carbonyl (C=O) groups is 1. The molecular weight excluding hydrogens is 330 g/mol. The quantitative estimate of drug-likeness (QED) is 0.687. The van der Waals surface area contributed by atoms with Gasteiger partial charge in [-0.3, -0.25) is 10.1 Å². The molecule has 0 aliphatic rings. The number of hydrogen-bond donors (Lipinski definition) is 1. The van der Waals surface area contributed by atoms with Gasteiger partial charge >= 0.3 is 6.01 Å². The average molecular weight is 345 g/mol. The zero-order chi connectivity index (χ0) is 16.2. The van der Waals surface area contributed by atoms with E-state index in [2.05, 4.69) is 29.4 Å².